The molecule has 1 aromatic heterocycles. The Balaban J connectivity index is 1.39. The van der Waals surface area contributed by atoms with Gasteiger partial charge < -0.3 is 9.84 Å². The number of piperidine rings is 1. The van der Waals surface area contributed by atoms with E-state index in [4.69, 9.17) is 16.3 Å². The van der Waals surface area contributed by atoms with Crippen LogP contribution in [0, 0.1) is 5.41 Å². The summed E-state index contributed by atoms with van der Waals surface area (Å²) < 4.78 is 5.25. The third-order valence-corrected chi connectivity index (χ3v) is 6.49. The number of benzene rings is 2. The van der Waals surface area contributed by atoms with Crippen LogP contribution >= 0.6 is 11.6 Å². The van der Waals surface area contributed by atoms with Crippen LogP contribution in [0.3, 0.4) is 0 Å². The number of hydrogen-bond acceptors (Lipinski definition) is 4. The standard InChI is InChI=1S/C24H28ClN3O2/c1-30-22-8-2-18(3-9-22)14-24(17-29)10-12-28(13-11-24)16-20-15-26-27-23(20)19-4-6-21(25)7-5-19/h2-9,15,29H,10-14,16-17H2,1H3,(H,26,27). The molecule has 0 aliphatic carbocycles. The van der Waals surface area contributed by atoms with Crippen LogP contribution in [0.4, 0.5) is 0 Å². The molecule has 0 saturated carbocycles. The minimum atomic E-state index is -0.0551. The average Bonchev–Trinajstić information content (AvgIpc) is 3.24. The van der Waals surface area contributed by atoms with Gasteiger partial charge in [0.25, 0.3) is 0 Å². The molecule has 6 heteroatoms. The van der Waals surface area contributed by atoms with E-state index >= 15 is 0 Å². The highest BCUT2D eigenvalue weighted by Crippen LogP contribution is 2.36. The number of nitrogens with one attached hydrogen (secondary N) is 1. The number of aliphatic hydroxyl groups excluding tert-OH is 1. The van der Waals surface area contributed by atoms with Gasteiger partial charge in [-0.25, -0.2) is 0 Å². The summed E-state index contributed by atoms with van der Waals surface area (Å²) in [6.07, 6.45) is 4.76. The lowest BCUT2D eigenvalue weighted by molar-refractivity contribution is 0.0414. The Morgan fingerprint density at radius 2 is 1.80 bits per heavy atom. The van der Waals surface area contributed by atoms with Crippen LogP contribution in [0.15, 0.2) is 54.7 Å². The highest BCUT2D eigenvalue weighted by molar-refractivity contribution is 6.30. The molecular weight excluding hydrogens is 398 g/mol. The number of nitrogens with zero attached hydrogens (tertiary/aromatic N) is 2. The highest BCUT2D eigenvalue weighted by Gasteiger charge is 2.34. The predicted octanol–water partition coefficient (Wildman–Crippen LogP) is 4.56. The van der Waals surface area contributed by atoms with E-state index in [1.165, 1.54) is 11.1 Å². The number of halogens is 1. The third kappa shape index (κ3) is 4.69. The second kappa shape index (κ2) is 9.21. The number of aromatic nitrogens is 2. The van der Waals surface area contributed by atoms with Crippen molar-refractivity contribution < 1.29 is 9.84 Å². The Morgan fingerprint density at radius 3 is 2.43 bits per heavy atom. The normalized spacial score (nSPS) is 16.5. The van der Waals surface area contributed by atoms with Crippen molar-refractivity contribution in [3.05, 3.63) is 70.9 Å². The molecular formula is C24H28ClN3O2. The number of aliphatic hydroxyl groups is 1. The summed E-state index contributed by atoms with van der Waals surface area (Å²) >= 11 is 6.02. The van der Waals surface area contributed by atoms with Crippen LogP contribution in [0.5, 0.6) is 5.75 Å². The van der Waals surface area contributed by atoms with E-state index < -0.39 is 0 Å². The molecule has 0 spiro atoms. The van der Waals surface area contributed by atoms with Gasteiger partial charge in [0.1, 0.15) is 5.75 Å². The maximum Gasteiger partial charge on any atom is 0.118 e. The van der Waals surface area contributed by atoms with Gasteiger partial charge in [0.2, 0.25) is 0 Å². The van der Waals surface area contributed by atoms with Gasteiger partial charge in [-0.3, -0.25) is 10.00 Å². The van der Waals surface area contributed by atoms with E-state index in [1.54, 1.807) is 7.11 Å². The number of rotatable bonds is 7. The van der Waals surface area contributed by atoms with Gasteiger partial charge >= 0.3 is 0 Å². The van der Waals surface area contributed by atoms with Crippen molar-refractivity contribution in [2.24, 2.45) is 5.41 Å². The second-order valence-electron chi connectivity index (χ2n) is 8.24. The molecule has 2 N–H and O–H groups in total. The number of likely N-dealkylation sites (tertiary alicyclic amines) is 1. The van der Waals surface area contributed by atoms with Gasteiger partial charge in [-0.1, -0.05) is 35.9 Å². The molecule has 1 aliphatic heterocycles. The first-order valence-electron chi connectivity index (χ1n) is 10.4. The molecule has 0 atom stereocenters. The van der Waals surface area contributed by atoms with Gasteiger partial charge in [-0.2, -0.15) is 5.10 Å². The molecule has 1 saturated heterocycles. The van der Waals surface area contributed by atoms with Crippen molar-refractivity contribution in [3.8, 4) is 17.0 Å². The fourth-order valence-electron chi connectivity index (χ4n) is 4.29. The van der Waals surface area contributed by atoms with Gasteiger partial charge in [0.15, 0.2) is 0 Å². The maximum absolute atomic E-state index is 10.2. The second-order valence-corrected chi connectivity index (χ2v) is 8.67. The molecule has 158 valence electrons. The van der Waals surface area contributed by atoms with Crippen molar-refractivity contribution in [3.63, 3.8) is 0 Å². The smallest absolute Gasteiger partial charge is 0.118 e. The SMILES string of the molecule is COc1ccc(CC2(CO)CCN(Cc3cn[nH]c3-c3ccc(Cl)cc3)CC2)cc1. The zero-order valence-corrected chi connectivity index (χ0v) is 18.0. The number of hydrogen-bond donors (Lipinski definition) is 2. The lowest BCUT2D eigenvalue weighted by Crippen LogP contribution is -2.42. The zero-order valence-electron chi connectivity index (χ0n) is 17.3. The summed E-state index contributed by atoms with van der Waals surface area (Å²) in [6, 6.07) is 16.0. The molecule has 0 unspecified atom stereocenters. The molecule has 2 heterocycles. The van der Waals surface area contributed by atoms with Gasteiger partial charge in [-0.05, 0) is 73.2 Å². The molecule has 4 rings (SSSR count). The topological polar surface area (TPSA) is 61.4 Å². The predicted molar refractivity (Wildman–Crippen MR) is 120 cm³/mol. The Kier molecular flexibility index (Phi) is 6.42. The van der Waals surface area contributed by atoms with Gasteiger partial charge in [-0.15, -0.1) is 0 Å². The third-order valence-electron chi connectivity index (χ3n) is 6.24. The fraction of sp³-hybridized carbons (Fsp3) is 0.375. The van der Waals surface area contributed by atoms with Crippen LogP contribution in [-0.2, 0) is 13.0 Å². The molecule has 0 amide bonds. The van der Waals surface area contributed by atoms with Crippen molar-refractivity contribution in [1.29, 1.82) is 0 Å². The molecule has 0 radical (unpaired) electrons. The van der Waals surface area contributed by atoms with Gasteiger partial charge in [0, 0.05) is 23.7 Å². The molecule has 3 aromatic rings. The van der Waals surface area contributed by atoms with Crippen molar-refractivity contribution in [2.45, 2.75) is 25.8 Å². The lowest BCUT2D eigenvalue weighted by atomic mass is 9.74. The van der Waals surface area contributed by atoms with E-state index in [2.05, 4.69) is 27.2 Å². The van der Waals surface area contributed by atoms with Crippen LogP contribution in [0.2, 0.25) is 5.02 Å². The first-order chi connectivity index (χ1) is 14.6. The van der Waals surface area contributed by atoms with Crippen molar-refractivity contribution in [1.82, 2.24) is 15.1 Å². The molecule has 30 heavy (non-hydrogen) atoms. The van der Waals surface area contributed by atoms with Crippen LogP contribution in [0.25, 0.3) is 11.3 Å². The van der Waals surface area contributed by atoms with Crippen LogP contribution < -0.4 is 4.74 Å². The van der Waals surface area contributed by atoms with Crippen molar-refractivity contribution >= 4 is 11.6 Å². The Hall–Kier alpha value is -2.34. The molecule has 2 aromatic carbocycles. The summed E-state index contributed by atoms with van der Waals surface area (Å²) in [7, 11) is 1.68. The first kappa shape index (κ1) is 20.9. The Morgan fingerprint density at radius 1 is 1.10 bits per heavy atom. The summed E-state index contributed by atoms with van der Waals surface area (Å²) in [5, 5.41) is 18.3. The number of H-pyrrole nitrogens is 1. The van der Waals surface area contributed by atoms with Gasteiger partial charge in [0.05, 0.1) is 19.0 Å². The summed E-state index contributed by atoms with van der Waals surface area (Å²) in [6.45, 7) is 2.98. The molecule has 1 aliphatic rings. The Labute approximate surface area is 182 Å². The van der Waals surface area contributed by atoms with E-state index in [-0.39, 0.29) is 12.0 Å². The fourth-order valence-corrected chi connectivity index (χ4v) is 4.42. The van der Waals surface area contributed by atoms with Crippen LogP contribution in [0.1, 0.15) is 24.0 Å². The van der Waals surface area contributed by atoms with Crippen molar-refractivity contribution in [2.75, 3.05) is 26.8 Å². The van der Waals surface area contributed by atoms with E-state index in [0.717, 1.165) is 60.9 Å². The quantitative estimate of drug-likeness (QED) is 0.582. The summed E-state index contributed by atoms with van der Waals surface area (Å²) in [5.41, 5.74) is 4.51. The Bertz CT molecular complexity index is 945. The largest absolute Gasteiger partial charge is 0.497 e. The van der Waals surface area contributed by atoms with E-state index in [1.807, 2.05) is 42.6 Å². The zero-order chi connectivity index (χ0) is 21.0. The average molecular weight is 426 g/mol. The van der Waals surface area contributed by atoms with Crippen LogP contribution in [-0.4, -0.2) is 47.0 Å². The summed E-state index contributed by atoms with van der Waals surface area (Å²) in [4.78, 5) is 2.45. The lowest BCUT2D eigenvalue weighted by Gasteiger charge is -2.41. The maximum atomic E-state index is 10.2. The molecule has 1 fully saturated rings. The molecule has 0 bridgehead atoms. The minimum Gasteiger partial charge on any atom is -0.497 e. The number of methoxy groups -OCH3 is 1. The number of aromatic amines is 1. The number of ether oxygens (including phenoxy) is 1. The minimum absolute atomic E-state index is 0.0551. The summed E-state index contributed by atoms with van der Waals surface area (Å²) in [5.74, 6) is 0.864. The van der Waals surface area contributed by atoms with E-state index in [9.17, 15) is 5.11 Å². The monoisotopic (exact) mass is 425 g/mol. The van der Waals surface area contributed by atoms with E-state index in [0.29, 0.717) is 0 Å². The first-order valence-corrected chi connectivity index (χ1v) is 10.7. The molecule has 5 nitrogen and oxygen atoms in total. The highest BCUT2D eigenvalue weighted by atomic mass is 35.5.